The van der Waals surface area contributed by atoms with E-state index in [-0.39, 0.29) is 15.2 Å². The van der Waals surface area contributed by atoms with E-state index in [9.17, 15) is 8.42 Å². The lowest BCUT2D eigenvalue weighted by molar-refractivity contribution is 0.601. The van der Waals surface area contributed by atoms with Crippen LogP contribution in [0.25, 0.3) is 0 Å². The number of benzene rings is 1. The van der Waals surface area contributed by atoms with E-state index in [4.69, 9.17) is 23.2 Å². The molecule has 0 amide bonds. The second-order valence-corrected chi connectivity index (χ2v) is 7.24. The van der Waals surface area contributed by atoms with Gasteiger partial charge in [-0.15, -0.1) is 0 Å². The fourth-order valence-electron chi connectivity index (χ4n) is 1.47. The predicted molar refractivity (Wildman–Crippen MR) is 83.9 cm³/mol. The van der Waals surface area contributed by atoms with Gasteiger partial charge in [-0.05, 0) is 36.8 Å². The molecule has 1 heterocycles. The number of anilines is 1. The van der Waals surface area contributed by atoms with Crippen LogP contribution in [0, 0.1) is 6.92 Å². The summed E-state index contributed by atoms with van der Waals surface area (Å²) in [5, 5.41) is -0.0387. The zero-order valence-corrected chi connectivity index (χ0v) is 14.1. The van der Waals surface area contributed by atoms with Gasteiger partial charge in [-0.25, -0.2) is 13.4 Å². The van der Waals surface area contributed by atoms with Crippen LogP contribution in [0.1, 0.15) is 5.56 Å². The average Bonchev–Trinajstić information content (AvgIpc) is 2.33. The van der Waals surface area contributed by atoms with E-state index in [0.717, 1.165) is 10.0 Å². The zero-order valence-electron chi connectivity index (χ0n) is 10.2. The van der Waals surface area contributed by atoms with Crippen molar-refractivity contribution >= 4 is 54.8 Å². The van der Waals surface area contributed by atoms with Gasteiger partial charge in [0.1, 0.15) is 10.0 Å². The van der Waals surface area contributed by atoms with Crippen molar-refractivity contribution in [2.75, 3.05) is 4.72 Å². The maximum absolute atomic E-state index is 12.2. The van der Waals surface area contributed by atoms with Crippen LogP contribution in [-0.4, -0.2) is 13.4 Å². The summed E-state index contributed by atoms with van der Waals surface area (Å²) in [6, 6.07) is 7.80. The van der Waals surface area contributed by atoms with Gasteiger partial charge in [0.05, 0.1) is 0 Å². The Hall–Kier alpha value is -0.820. The largest absolute Gasteiger partial charge is 0.279 e. The molecule has 0 saturated carbocycles. The molecule has 8 heteroatoms. The predicted octanol–water partition coefficient (Wildman–Crippen LogP) is 4.26. The number of rotatable bonds is 3. The minimum atomic E-state index is -3.81. The van der Waals surface area contributed by atoms with E-state index in [1.54, 1.807) is 18.2 Å². The summed E-state index contributed by atoms with van der Waals surface area (Å²) in [7, 11) is -3.81. The number of pyridine rings is 1. The van der Waals surface area contributed by atoms with E-state index in [1.165, 1.54) is 12.1 Å². The first-order chi connectivity index (χ1) is 9.29. The summed E-state index contributed by atoms with van der Waals surface area (Å²) >= 11 is 14.8. The summed E-state index contributed by atoms with van der Waals surface area (Å²) in [5.41, 5.74) is 1.42. The highest BCUT2D eigenvalue weighted by Gasteiger charge is 2.19. The molecule has 4 nitrogen and oxygen atoms in total. The van der Waals surface area contributed by atoms with Crippen molar-refractivity contribution in [2.24, 2.45) is 0 Å². The van der Waals surface area contributed by atoms with Crippen LogP contribution in [0.4, 0.5) is 5.69 Å². The fraction of sp³-hybridized carbons (Fsp3) is 0.0833. The van der Waals surface area contributed by atoms with Gasteiger partial charge in [0.15, 0.2) is 5.15 Å². The minimum absolute atomic E-state index is 0.125. The van der Waals surface area contributed by atoms with Crippen molar-refractivity contribution in [1.82, 2.24) is 4.98 Å². The Morgan fingerprint density at radius 1 is 1.20 bits per heavy atom. The Labute approximate surface area is 135 Å². The van der Waals surface area contributed by atoms with E-state index in [0.29, 0.717) is 5.69 Å². The lowest BCUT2D eigenvalue weighted by Crippen LogP contribution is -2.14. The molecule has 0 unspecified atom stereocenters. The van der Waals surface area contributed by atoms with Crippen LogP contribution < -0.4 is 4.72 Å². The Morgan fingerprint density at radius 3 is 2.50 bits per heavy atom. The van der Waals surface area contributed by atoms with Crippen molar-refractivity contribution in [3.05, 3.63) is 50.7 Å². The third kappa shape index (κ3) is 3.44. The van der Waals surface area contributed by atoms with E-state index in [1.807, 2.05) is 6.92 Å². The van der Waals surface area contributed by atoms with Gasteiger partial charge in [-0.3, -0.25) is 4.72 Å². The van der Waals surface area contributed by atoms with E-state index < -0.39 is 10.0 Å². The topological polar surface area (TPSA) is 59.1 Å². The normalized spacial score (nSPS) is 11.4. The second kappa shape index (κ2) is 5.89. The number of hydrogen-bond acceptors (Lipinski definition) is 3. The summed E-state index contributed by atoms with van der Waals surface area (Å²) in [4.78, 5) is 3.59. The fourth-order valence-corrected chi connectivity index (χ4v) is 3.56. The van der Waals surface area contributed by atoms with Crippen LogP contribution in [-0.2, 0) is 10.0 Å². The van der Waals surface area contributed by atoms with Gasteiger partial charge in [0.25, 0.3) is 10.0 Å². The summed E-state index contributed by atoms with van der Waals surface area (Å²) in [5.74, 6) is 0. The molecule has 0 saturated heterocycles. The van der Waals surface area contributed by atoms with Crippen molar-refractivity contribution in [2.45, 2.75) is 11.8 Å². The molecule has 0 bridgehead atoms. The van der Waals surface area contributed by atoms with Gasteiger partial charge in [-0.2, -0.15) is 0 Å². The van der Waals surface area contributed by atoms with E-state index in [2.05, 4.69) is 25.6 Å². The molecule has 0 spiro atoms. The van der Waals surface area contributed by atoms with Crippen molar-refractivity contribution in [1.29, 1.82) is 0 Å². The van der Waals surface area contributed by atoms with Crippen molar-refractivity contribution in [3.8, 4) is 0 Å². The lowest BCUT2D eigenvalue weighted by atomic mass is 10.2. The Bertz CT molecular complexity index is 766. The molecule has 0 aliphatic heterocycles. The molecule has 1 N–H and O–H groups in total. The number of hydrogen-bond donors (Lipinski definition) is 1. The van der Waals surface area contributed by atoms with Crippen LogP contribution in [0.5, 0.6) is 0 Å². The monoisotopic (exact) mass is 394 g/mol. The molecular formula is C12H9BrCl2N2O2S. The lowest BCUT2D eigenvalue weighted by Gasteiger charge is -2.10. The average molecular weight is 396 g/mol. The zero-order chi connectivity index (χ0) is 14.9. The number of aryl methyl sites for hydroxylation is 1. The highest BCUT2D eigenvalue weighted by atomic mass is 79.9. The Kier molecular flexibility index (Phi) is 4.59. The van der Waals surface area contributed by atoms with Gasteiger partial charge in [-0.1, -0.05) is 45.2 Å². The van der Waals surface area contributed by atoms with Crippen LogP contribution in [0.3, 0.4) is 0 Å². The molecule has 1 aromatic heterocycles. The molecule has 106 valence electrons. The molecule has 0 fully saturated rings. The minimum Gasteiger partial charge on any atom is -0.279 e. The van der Waals surface area contributed by atoms with Gasteiger partial charge < -0.3 is 0 Å². The number of aromatic nitrogens is 1. The second-order valence-electron chi connectivity index (χ2n) is 3.99. The van der Waals surface area contributed by atoms with Gasteiger partial charge >= 0.3 is 0 Å². The standard InChI is InChI=1S/C12H9BrCl2N2O2S/c1-7-2-3-8(6-9(7)13)17-20(18,19)10-4-5-11(14)16-12(10)15/h2-6,17H,1H3. The van der Waals surface area contributed by atoms with E-state index >= 15 is 0 Å². The summed E-state index contributed by atoms with van der Waals surface area (Å²) in [6.45, 7) is 1.91. The summed E-state index contributed by atoms with van der Waals surface area (Å²) < 4.78 is 27.7. The Morgan fingerprint density at radius 2 is 1.90 bits per heavy atom. The van der Waals surface area contributed by atoms with Crippen molar-refractivity contribution < 1.29 is 8.42 Å². The quantitative estimate of drug-likeness (QED) is 0.789. The highest BCUT2D eigenvalue weighted by Crippen LogP contribution is 2.26. The molecule has 0 aliphatic rings. The molecule has 2 aromatic rings. The maximum atomic E-state index is 12.2. The van der Waals surface area contributed by atoms with Crippen LogP contribution >= 0.6 is 39.1 Å². The highest BCUT2D eigenvalue weighted by molar-refractivity contribution is 9.10. The molecule has 0 atom stereocenters. The first kappa shape index (κ1) is 15.6. The van der Waals surface area contributed by atoms with Crippen molar-refractivity contribution in [3.63, 3.8) is 0 Å². The van der Waals surface area contributed by atoms with Crippen LogP contribution in [0.2, 0.25) is 10.3 Å². The molecule has 1 aromatic carbocycles. The molecular weight excluding hydrogens is 387 g/mol. The molecule has 0 aliphatic carbocycles. The molecule has 20 heavy (non-hydrogen) atoms. The Balaban J connectivity index is 2.38. The summed E-state index contributed by atoms with van der Waals surface area (Å²) in [6.07, 6.45) is 0. The van der Waals surface area contributed by atoms with Gasteiger partial charge in [0, 0.05) is 10.2 Å². The maximum Gasteiger partial charge on any atom is 0.264 e. The molecule has 2 rings (SSSR count). The first-order valence-electron chi connectivity index (χ1n) is 5.40. The first-order valence-corrected chi connectivity index (χ1v) is 8.44. The number of halogens is 3. The molecule has 0 radical (unpaired) electrons. The van der Waals surface area contributed by atoms with Crippen LogP contribution in [0.15, 0.2) is 39.7 Å². The number of nitrogens with one attached hydrogen (secondary N) is 1. The number of nitrogens with zero attached hydrogens (tertiary/aromatic N) is 1. The smallest absolute Gasteiger partial charge is 0.264 e. The third-order valence-corrected chi connectivity index (χ3v) is 5.37. The number of sulfonamides is 1. The SMILES string of the molecule is Cc1ccc(NS(=O)(=O)c2ccc(Cl)nc2Cl)cc1Br. The van der Waals surface area contributed by atoms with Gasteiger partial charge in [0.2, 0.25) is 0 Å². The third-order valence-electron chi connectivity index (χ3n) is 2.49.